The number of carbonyl (C=O) groups excluding carboxylic acids is 1. The first-order valence-corrected chi connectivity index (χ1v) is 9.02. The Labute approximate surface area is 146 Å². The molecule has 1 fully saturated rings. The lowest BCUT2D eigenvalue weighted by molar-refractivity contribution is 0.0819. The van der Waals surface area contributed by atoms with Crippen molar-refractivity contribution in [1.29, 1.82) is 0 Å². The zero-order valence-corrected chi connectivity index (χ0v) is 14.4. The summed E-state index contributed by atoms with van der Waals surface area (Å²) in [6.07, 6.45) is 3.97. The molecule has 0 saturated heterocycles. The van der Waals surface area contributed by atoms with Gasteiger partial charge in [0.25, 0.3) is 5.91 Å². The average molecular weight is 337 g/mol. The van der Waals surface area contributed by atoms with E-state index in [1.54, 1.807) is 0 Å². The molecule has 1 heterocycles. The predicted molar refractivity (Wildman–Crippen MR) is 98.8 cm³/mol. The summed E-state index contributed by atoms with van der Waals surface area (Å²) in [5.74, 6) is 0.390. The van der Waals surface area contributed by atoms with E-state index in [0.29, 0.717) is 11.7 Å². The number of rotatable bonds is 4. The van der Waals surface area contributed by atoms with Crippen molar-refractivity contribution in [3.8, 4) is 0 Å². The lowest BCUT2D eigenvalue weighted by atomic mass is 10.0. The summed E-state index contributed by atoms with van der Waals surface area (Å²) < 4.78 is 5.94. The Balaban J connectivity index is 1.59. The molecular formula is C21H23NO3. The number of hydrogen-bond donors (Lipinski definition) is 2. The molecule has 1 unspecified atom stereocenters. The van der Waals surface area contributed by atoms with Crippen molar-refractivity contribution in [3.05, 3.63) is 47.7 Å². The van der Waals surface area contributed by atoms with Crippen LogP contribution in [0.5, 0.6) is 0 Å². The van der Waals surface area contributed by atoms with E-state index in [0.717, 1.165) is 40.1 Å². The van der Waals surface area contributed by atoms with E-state index in [1.807, 2.05) is 43.3 Å². The Morgan fingerprint density at radius 3 is 2.76 bits per heavy atom. The summed E-state index contributed by atoms with van der Waals surface area (Å²) in [6, 6.07) is 12.0. The zero-order valence-electron chi connectivity index (χ0n) is 14.4. The van der Waals surface area contributed by atoms with E-state index in [1.165, 1.54) is 12.8 Å². The van der Waals surface area contributed by atoms with Gasteiger partial charge in [0.15, 0.2) is 5.76 Å². The number of benzene rings is 2. The number of nitrogens with one attached hydrogen (secondary N) is 1. The highest BCUT2D eigenvalue weighted by molar-refractivity contribution is 6.08. The van der Waals surface area contributed by atoms with Crippen LogP contribution >= 0.6 is 0 Å². The van der Waals surface area contributed by atoms with E-state index >= 15 is 0 Å². The molecule has 1 saturated carbocycles. The SMILES string of the molecule is Cc1c(C(=O)NCC(O)C2CCCC2)oc2c1ccc1ccccc12. The van der Waals surface area contributed by atoms with Crippen molar-refractivity contribution < 1.29 is 14.3 Å². The van der Waals surface area contributed by atoms with E-state index in [4.69, 9.17) is 4.42 Å². The zero-order chi connectivity index (χ0) is 17.4. The van der Waals surface area contributed by atoms with Crippen LogP contribution in [0.3, 0.4) is 0 Å². The van der Waals surface area contributed by atoms with Gasteiger partial charge in [-0.25, -0.2) is 0 Å². The van der Waals surface area contributed by atoms with Crippen LogP contribution in [0.2, 0.25) is 0 Å². The predicted octanol–water partition coefficient (Wildman–Crippen LogP) is 4.18. The van der Waals surface area contributed by atoms with Gasteiger partial charge in [-0.05, 0) is 31.1 Å². The smallest absolute Gasteiger partial charge is 0.287 e. The summed E-state index contributed by atoms with van der Waals surface area (Å²) in [5.41, 5.74) is 1.59. The number of aliphatic hydroxyl groups is 1. The van der Waals surface area contributed by atoms with Gasteiger partial charge in [-0.3, -0.25) is 4.79 Å². The van der Waals surface area contributed by atoms with Crippen LogP contribution in [0.1, 0.15) is 41.8 Å². The Bertz CT molecular complexity index is 921. The highest BCUT2D eigenvalue weighted by atomic mass is 16.3. The number of aryl methyl sites for hydroxylation is 1. The minimum Gasteiger partial charge on any atom is -0.450 e. The van der Waals surface area contributed by atoms with Crippen LogP contribution in [0.4, 0.5) is 0 Å². The second kappa shape index (κ2) is 6.52. The highest BCUT2D eigenvalue weighted by Crippen LogP contribution is 2.32. The maximum atomic E-state index is 12.6. The van der Waals surface area contributed by atoms with Gasteiger partial charge in [-0.15, -0.1) is 0 Å². The van der Waals surface area contributed by atoms with E-state index in [-0.39, 0.29) is 12.5 Å². The second-order valence-electron chi connectivity index (χ2n) is 7.04. The van der Waals surface area contributed by atoms with Crippen LogP contribution in [0, 0.1) is 12.8 Å². The van der Waals surface area contributed by atoms with Crippen molar-refractivity contribution in [3.63, 3.8) is 0 Å². The third-order valence-electron chi connectivity index (χ3n) is 5.45. The van der Waals surface area contributed by atoms with Crippen LogP contribution in [0.25, 0.3) is 21.7 Å². The van der Waals surface area contributed by atoms with Crippen molar-refractivity contribution >= 4 is 27.6 Å². The molecule has 2 N–H and O–H groups in total. The molecule has 1 amide bonds. The Kier molecular flexibility index (Phi) is 4.22. The highest BCUT2D eigenvalue weighted by Gasteiger charge is 2.25. The summed E-state index contributed by atoms with van der Waals surface area (Å²) in [4.78, 5) is 12.6. The molecule has 4 heteroatoms. The first kappa shape index (κ1) is 16.2. The summed E-state index contributed by atoms with van der Waals surface area (Å²) in [7, 11) is 0. The maximum absolute atomic E-state index is 12.6. The van der Waals surface area contributed by atoms with Crippen molar-refractivity contribution in [2.75, 3.05) is 6.54 Å². The summed E-state index contributed by atoms with van der Waals surface area (Å²) in [5, 5.41) is 16.1. The van der Waals surface area contributed by atoms with Crippen LogP contribution in [-0.4, -0.2) is 23.7 Å². The third kappa shape index (κ3) is 2.91. The molecule has 1 aromatic heterocycles. The van der Waals surface area contributed by atoms with Gasteiger partial charge in [0.1, 0.15) is 5.58 Å². The monoisotopic (exact) mass is 337 g/mol. The van der Waals surface area contributed by atoms with Crippen LogP contribution in [-0.2, 0) is 0 Å². The molecule has 2 aromatic carbocycles. The minimum absolute atomic E-state index is 0.255. The Morgan fingerprint density at radius 1 is 1.20 bits per heavy atom. The molecule has 3 aromatic rings. The topological polar surface area (TPSA) is 62.5 Å². The number of amides is 1. The quantitative estimate of drug-likeness (QED) is 0.751. The van der Waals surface area contributed by atoms with Gasteiger partial charge in [0.2, 0.25) is 0 Å². The summed E-state index contributed by atoms with van der Waals surface area (Å²) >= 11 is 0. The molecule has 25 heavy (non-hydrogen) atoms. The molecule has 1 aliphatic rings. The Hall–Kier alpha value is -2.33. The maximum Gasteiger partial charge on any atom is 0.287 e. The molecular weight excluding hydrogens is 314 g/mol. The second-order valence-corrected chi connectivity index (χ2v) is 7.04. The molecule has 0 radical (unpaired) electrons. The molecule has 4 rings (SSSR count). The minimum atomic E-state index is -0.475. The van der Waals surface area contributed by atoms with Gasteiger partial charge in [-0.2, -0.15) is 0 Å². The number of hydrogen-bond acceptors (Lipinski definition) is 3. The normalized spacial score (nSPS) is 16.6. The largest absolute Gasteiger partial charge is 0.450 e. The molecule has 0 bridgehead atoms. The van der Waals surface area contributed by atoms with Crippen molar-refractivity contribution in [1.82, 2.24) is 5.32 Å². The van der Waals surface area contributed by atoms with Gasteiger partial charge < -0.3 is 14.8 Å². The van der Waals surface area contributed by atoms with Crippen LogP contribution < -0.4 is 5.32 Å². The lowest BCUT2D eigenvalue weighted by Gasteiger charge is -2.17. The number of aliphatic hydroxyl groups excluding tert-OH is 1. The standard InChI is InChI=1S/C21H23NO3/c1-13-16-11-10-14-6-4-5-9-17(14)20(16)25-19(13)21(24)22-12-18(23)15-7-2-3-8-15/h4-6,9-11,15,18,23H,2-3,7-8,12H2,1H3,(H,22,24). The fourth-order valence-corrected chi connectivity index (χ4v) is 3.95. The van der Waals surface area contributed by atoms with Crippen molar-refractivity contribution in [2.24, 2.45) is 5.92 Å². The Morgan fingerprint density at radius 2 is 1.96 bits per heavy atom. The number of furan rings is 1. The van der Waals surface area contributed by atoms with E-state index in [2.05, 4.69) is 5.32 Å². The first-order valence-electron chi connectivity index (χ1n) is 9.02. The fraction of sp³-hybridized carbons (Fsp3) is 0.381. The fourth-order valence-electron chi connectivity index (χ4n) is 3.95. The number of carbonyl (C=O) groups is 1. The lowest BCUT2D eigenvalue weighted by Crippen LogP contribution is -2.35. The average Bonchev–Trinajstić information content (AvgIpc) is 3.28. The number of fused-ring (bicyclic) bond motifs is 3. The molecule has 130 valence electrons. The third-order valence-corrected chi connectivity index (χ3v) is 5.45. The van der Waals surface area contributed by atoms with Gasteiger partial charge in [-0.1, -0.05) is 49.2 Å². The molecule has 1 aliphatic carbocycles. The van der Waals surface area contributed by atoms with Gasteiger partial charge in [0.05, 0.1) is 6.10 Å². The molecule has 4 nitrogen and oxygen atoms in total. The van der Waals surface area contributed by atoms with E-state index in [9.17, 15) is 9.90 Å². The van der Waals surface area contributed by atoms with Gasteiger partial charge in [0, 0.05) is 22.9 Å². The molecule has 0 spiro atoms. The van der Waals surface area contributed by atoms with Crippen LogP contribution in [0.15, 0.2) is 40.8 Å². The van der Waals surface area contributed by atoms with Crippen molar-refractivity contribution in [2.45, 2.75) is 38.7 Å². The van der Waals surface area contributed by atoms with E-state index < -0.39 is 6.10 Å². The summed E-state index contributed by atoms with van der Waals surface area (Å²) in [6.45, 7) is 2.18. The molecule has 0 aliphatic heterocycles. The first-order chi connectivity index (χ1) is 12.1. The molecule has 1 atom stereocenters. The van der Waals surface area contributed by atoms with Gasteiger partial charge >= 0.3 is 0 Å².